The molecule has 10 heteroatoms. The average molecular weight is 446 g/mol. The lowest BCUT2D eigenvalue weighted by molar-refractivity contribution is -0.385. The van der Waals surface area contributed by atoms with E-state index in [0.717, 1.165) is 10.4 Å². The summed E-state index contributed by atoms with van der Waals surface area (Å²) < 4.78 is 27.0. The number of amides is 1. The number of para-hydroxylation sites is 1. The second kappa shape index (κ2) is 8.52. The Hall–Kier alpha value is -3.43. The van der Waals surface area contributed by atoms with Crippen molar-refractivity contribution in [2.24, 2.45) is 0 Å². The van der Waals surface area contributed by atoms with Crippen molar-refractivity contribution in [3.05, 3.63) is 93.5 Å². The van der Waals surface area contributed by atoms with Crippen molar-refractivity contribution in [3.63, 3.8) is 0 Å². The summed E-state index contributed by atoms with van der Waals surface area (Å²) in [5.41, 5.74) is 0.00200. The van der Waals surface area contributed by atoms with E-state index in [-0.39, 0.29) is 21.2 Å². The molecule has 0 atom stereocenters. The first kappa shape index (κ1) is 21.3. The lowest BCUT2D eigenvalue weighted by Crippen LogP contribution is -2.26. The lowest BCUT2D eigenvalue weighted by Gasteiger charge is -2.19. The highest BCUT2D eigenvalue weighted by atomic mass is 35.5. The second-order valence-electron chi connectivity index (χ2n) is 6.21. The van der Waals surface area contributed by atoms with Crippen molar-refractivity contribution in [2.75, 3.05) is 16.7 Å². The zero-order chi connectivity index (χ0) is 21.9. The summed E-state index contributed by atoms with van der Waals surface area (Å²) in [4.78, 5) is 23.0. The van der Waals surface area contributed by atoms with Crippen molar-refractivity contribution in [2.45, 2.75) is 4.90 Å². The van der Waals surface area contributed by atoms with Crippen molar-refractivity contribution < 1.29 is 18.1 Å². The highest BCUT2D eigenvalue weighted by Crippen LogP contribution is 2.26. The van der Waals surface area contributed by atoms with Gasteiger partial charge in [-0.2, -0.15) is 0 Å². The van der Waals surface area contributed by atoms with Crippen molar-refractivity contribution >= 4 is 44.6 Å². The van der Waals surface area contributed by atoms with Crippen LogP contribution in [0, 0.1) is 10.1 Å². The summed E-state index contributed by atoms with van der Waals surface area (Å²) in [6.07, 6.45) is 0. The highest BCUT2D eigenvalue weighted by Gasteiger charge is 2.23. The predicted octanol–water partition coefficient (Wildman–Crippen LogP) is 4.33. The molecule has 3 aromatic carbocycles. The number of carbonyl (C=O) groups is 1. The Kier molecular flexibility index (Phi) is 6.04. The Morgan fingerprint density at radius 1 is 1.03 bits per heavy atom. The van der Waals surface area contributed by atoms with Crippen LogP contribution >= 0.6 is 11.6 Å². The molecule has 8 nitrogen and oxygen atoms in total. The molecule has 0 bridgehead atoms. The van der Waals surface area contributed by atoms with Crippen molar-refractivity contribution in [1.82, 2.24) is 0 Å². The van der Waals surface area contributed by atoms with E-state index in [2.05, 4.69) is 5.32 Å². The maximum absolute atomic E-state index is 12.9. The fourth-order valence-electron chi connectivity index (χ4n) is 2.72. The van der Waals surface area contributed by atoms with E-state index in [1.165, 1.54) is 43.4 Å². The van der Waals surface area contributed by atoms with E-state index < -0.39 is 26.5 Å². The minimum Gasteiger partial charge on any atom is -0.322 e. The van der Waals surface area contributed by atoms with Gasteiger partial charge in [0, 0.05) is 23.8 Å². The third-order valence-corrected chi connectivity index (χ3v) is 6.29. The monoisotopic (exact) mass is 445 g/mol. The van der Waals surface area contributed by atoms with Gasteiger partial charge in [0.05, 0.1) is 15.5 Å². The number of benzene rings is 3. The van der Waals surface area contributed by atoms with Gasteiger partial charge >= 0.3 is 0 Å². The van der Waals surface area contributed by atoms with Gasteiger partial charge < -0.3 is 5.32 Å². The number of anilines is 2. The lowest BCUT2D eigenvalue weighted by atomic mass is 10.1. The largest absolute Gasteiger partial charge is 0.322 e. The standard InChI is InChI=1S/C20H16ClN3O5S/c1-23(16-7-3-2-4-8-16)30(28,29)17-9-5-6-15(13-17)22-20(25)18-11-10-14(21)12-19(18)24(26)27/h2-13H,1H3,(H,22,25). The quantitative estimate of drug-likeness (QED) is 0.448. The van der Waals surface area contributed by atoms with Gasteiger partial charge in [-0.1, -0.05) is 35.9 Å². The van der Waals surface area contributed by atoms with E-state index in [4.69, 9.17) is 11.6 Å². The molecule has 1 N–H and O–H groups in total. The second-order valence-corrected chi connectivity index (χ2v) is 8.61. The van der Waals surface area contributed by atoms with Crippen molar-refractivity contribution in [3.8, 4) is 0 Å². The molecule has 0 saturated heterocycles. The van der Waals surface area contributed by atoms with Gasteiger partial charge in [-0.15, -0.1) is 0 Å². The summed E-state index contributed by atoms with van der Waals surface area (Å²) in [5.74, 6) is -0.760. The molecule has 30 heavy (non-hydrogen) atoms. The van der Waals surface area contributed by atoms with Crippen molar-refractivity contribution in [1.29, 1.82) is 0 Å². The van der Waals surface area contributed by atoms with Gasteiger partial charge in [-0.3, -0.25) is 19.2 Å². The van der Waals surface area contributed by atoms with Gasteiger partial charge in [0.2, 0.25) is 0 Å². The molecule has 1 amide bonds. The molecule has 0 heterocycles. The summed E-state index contributed by atoms with van der Waals surface area (Å²) in [5, 5.41) is 13.8. The minimum atomic E-state index is -3.89. The van der Waals surface area contributed by atoms with Gasteiger partial charge in [0.1, 0.15) is 5.56 Å². The predicted molar refractivity (Wildman–Crippen MR) is 115 cm³/mol. The molecule has 0 saturated carbocycles. The number of nitrogens with zero attached hydrogens (tertiary/aromatic N) is 2. The SMILES string of the molecule is CN(c1ccccc1)S(=O)(=O)c1cccc(NC(=O)c2ccc(Cl)cc2[N+](=O)[O-])c1. The van der Waals surface area contributed by atoms with Crippen LogP contribution in [0.2, 0.25) is 5.02 Å². The Morgan fingerprint density at radius 2 is 1.73 bits per heavy atom. The van der Waals surface area contributed by atoms with Crippen LogP contribution in [0.4, 0.5) is 17.1 Å². The molecular weight excluding hydrogens is 430 g/mol. The number of rotatable bonds is 6. The van der Waals surface area contributed by atoms with Gasteiger partial charge in [0.25, 0.3) is 21.6 Å². The normalized spacial score (nSPS) is 11.0. The van der Waals surface area contributed by atoms with E-state index in [1.54, 1.807) is 30.3 Å². The first-order valence-electron chi connectivity index (χ1n) is 8.59. The molecule has 3 aromatic rings. The van der Waals surface area contributed by atoms with E-state index in [1.807, 2.05) is 0 Å². The van der Waals surface area contributed by atoms with Gasteiger partial charge in [-0.25, -0.2) is 8.42 Å². The Bertz CT molecular complexity index is 1220. The van der Waals surface area contributed by atoms with Crippen LogP contribution in [0.25, 0.3) is 0 Å². The highest BCUT2D eigenvalue weighted by molar-refractivity contribution is 7.92. The molecule has 0 unspecified atom stereocenters. The van der Waals surface area contributed by atoms with Gasteiger partial charge in [-0.05, 0) is 42.5 Å². The minimum absolute atomic E-state index is 0.0442. The number of nitro groups is 1. The number of halogens is 1. The molecule has 0 aromatic heterocycles. The zero-order valence-electron chi connectivity index (χ0n) is 15.7. The maximum atomic E-state index is 12.9. The number of nitrogens with one attached hydrogen (secondary N) is 1. The fourth-order valence-corrected chi connectivity index (χ4v) is 4.12. The number of hydrogen-bond donors (Lipinski definition) is 1. The number of carbonyl (C=O) groups excluding carboxylic acids is 1. The van der Waals surface area contributed by atoms with Gasteiger partial charge in [0.15, 0.2) is 0 Å². The summed E-state index contributed by atoms with van der Waals surface area (Å²) in [7, 11) is -2.46. The average Bonchev–Trinajstić information content (AvgIpc) is 2.73. The molecule has 0 aliphatic heterocycles. The first-order valence-corrected chi connectivity index (χ1v) is 10.4. The van der Waals surface area contributed by atoms with Crippen LogP contribution in [0.5, 0.6) is 0 Å². The van der Waals surface area contributed by atoms with Crippen LogP contribution < -0.4 is 9.62 Å². The van der Waals surface area contributed by atoms with Crippen LogP contribution in [-0.4, -0.2) is 26.3 Å². The summed E-state index contributed by atoms with van der Waals surface area (Å²) >= 11 is 5.77. The molecule has 0 radical (unpaired) electrons. The van der Waals surface area contributed by atoms with Crippen LogP contribution in [0.3, 0.4) is 0 Å². The first-order chi connectivity index (χ1) is 14.2. The number of sulfonamides is 1. The fraction of sp³-hybridized carbons (Fsp3) is 0.0500. The third-order valence-electron chi connectivity index (χ3n) is 4.27. The molecule has 0 aliphatic carbocycles. The van der Waals surface area contributed by atoms with E-state index >= 15 is 0 Å². The number of hydrogen-bond acceptors (Lipinski definition) is 5. The molecule has 0 aliphatic rings. The molecular formula is C20H16ClN3O5S. The van der Waals surface area contributed by atoms with Crippen LogP contribution in [0.15, 0.2) is 77.7 Å². The topological polar surface area (TPSA) is 110 Å². The smallest absolute Gasteiger partial charge is 0.283 e. The van der Waals surface area contributed by atoms with E-state index in [0.29, 0.717) is 5.69 Å². The number of nitro benzene ring substituents is 1. The molecule has 0 fully saturated rings. The molecule has 154 valence electrons. The van der Waals surface area contributed by atoms with Crippen LogP contribution in [0.1, 0.15) is 10.4 Å². The zero-order valence-corrected chi connectivity index (χ0v) is 17.2. The molecule has 3 rings (SSSR count). The Labute approximate surface area is 177 Å². The van der Waals surface area contributed by atoms with Crippen LogP contribution in [-0.2, 0) is 10.0 Å². The Balaban J connectivity index is 1.89. The summed E-state index contributed by atoms with van der Waals surface area (Å²) in [6, 6.07) is 17.8. The maximum Gasteiger partial charge on any atom is 0.283 e. The Morgan fingerprint density at radius 3 is 2.40 bits per heavy atom. The summed E-state index contributed by atoms with van der Waals surface area (Å²) in [6.45, 7) is 0. The third kappa shape index (κ3) is 4.42. The van der Waals surface area contributed by atoms with E-state index in [9.17, 15) is 23.3 Å². The molecule has 0 spiro atoms.